The molecule has 0 radical (unpaired) electrons. The quantitative estimate of drug-likeness (QED) is 0.262. The van der Waals surface area contributed by atoms with Gasteiger partial charge in [-0.1, -0.05) is 54.6 Å². The van der Waals surface area contributed by atoms with Crippen molar-refractivity contribution in [3.63, 3.8) is 0 Å². The third-order valence-electron chi connectivity index (χ3n) is 6.51. The minimum absolute atomic E-state index is 0.190. The lowest BCUT2D eigenvalue weighted by atomic mass is 9.88. The van der Waals surface area contributed by atoms with Crippen LogP contribution in [0.15, 0.2) is 76.6 Å². The fourth-order valence-electron chi connectivity index (χ4n) is 4.59. The molecule has 4 aromatic rings. The van der Waals surface area contributed by atoms with Crippen molar-refractivity contribution in [3.8, 4) is 5.75 Å². The van der Waals surface area contributed by atoms with Gasteiger partial charge < -0.3 is 10.1 Å². The SMILES string of the molecule is O=C(COc1ccc(C=Nn2c(C3CCCCC3)nc3ccccc3c2=O)cc1Cl)Nc1ccc(Cl)cc1. The second kappa shape index (κ2) is 11.8. The number of anilines is 1. The van der Waals surface area contributed by atoms with Crippen LogP contribution in [0, 0.1) is 0 Å². The van der Waals surface area contributed by atoms with Gasteiger partial charge in [-0.3, -0.25) is 9.59 Å². The van der Waals surface area contributed by atoms with Gasteiger partial charge in [0.25, 0.3) is 11.5 Å². The Morgan fingerprint density at radius 1 is 1.05 bits per heavy atom. The highest BCUT2D eigenvalue weighted by Crippen LogP contribution is 2.32. The first-order valence-corrected chi connectivity index (χ1v) is 13.3. The molecular weight excluding hydrogens is 523 g/mol. The average molecular weight is 549 g/mol. The van der Waals surface area contributed by atoms with Gasteiger partial charge in [-0.15, -0.1) is 0 Å². The summed E-state index contributed by atoms with van der Waals surface area (Å²) in [6.45, 7) is -0.210. The third kappa shape index (κ3) is 6.06. The topological polar surface area (TPSA) is 85.6 Å². The molecule has 194 valence electrons. The van der Waals surface area contributed by atoms with E-state index in [0.717, 1.165) is 25.7 Å². The minimum Gasteiger partial charge on any atom is -0.482 e. The van der Waals surface area contributed by atoms with E-state index in [4.69, 9.17) is 32.9 Å². The Hall–Kier alpha value is -3.68. The van der Waals surface area contributed by atoms with Crippen molar-refractivity contribution >= 4 is 51.9 Å². The van der Waals surface area contributed by atoms with Crippen LogP contribution in [0.4, 0.5) is 5.69 Å². The number of hydrogen-bond donors (Lipinski definition) is 1. The Balaban J connectivity index is 1.33. The molecule has 1 aliphatic carbocycles. The molecule has 1 aliphatic rings. The number of carbonyl (C=O) groups is 1. The highest BCUT2D eigenvalue weighted by molar-refractivity contribution is 6.32. The summed E-state index contributed by atoms with van der Waals surface area (Å²) in [6, 6.07) is 19.3. The van der Waals surface area contributed by atoms with Crippen LogP contribution in [0.25, 0.3) is 10.9 Å². The Labute approximate surface area is 230 Å². The van der Waals surface area contributed by atoms with E-state index < -0.39 is 0 Å². The van der Waals surface area contributed by atoms with Gasteiger partial charge in [-0.05, 0) is 73.0 Å². The zero-order valence-electron chi connectivity index (χ0n) is 20.6. The number of benzene rings is 3. The second-order valence-electron chi connectivity index (χ2n) is 9.22. The van der Waals surface area contributed by atoms with Crippen molar-refractivity contribution in [2.75, 3.05) is 11.9 Å². The van der Waals surface area contributed by atoms with E-state index in [9.17, 15) is 9.59 Å². The van der Waals surface area contributed by atoms with Crippen LogP contribution in [-0.2, 0) is 4.79 Å². The molecule has 3 aromatic carbocycles. The molecule has 0 spiro atoms. The molecule has 1 heterocycles. The van der Waals surface area contributed by atoms with E-state index >= 15 is 0 Å². The van der Waals surface area contributed by atoms with Crippen LogP contribution < -0.4 is 15.6 Å². The molecule has 1 N–H and O–H groups in total. The largest absolute Gasteiger partial charge is 0.482 e. The average Bonchev–Trinajstić information content (AvgIpc) is 2.94. The molecule has 7 nitrogen and oxygen atoms in total. The van der Waals surface area contributed by atoms with E-state index in [0.29, 0.717) is 43.8 Å². The number of nitrogens with zero attached hydrogens (tertiary/aromatic N) is 3. The summed E-state index contributed by atoms with van der Waals surface area (Å²) >= 11 is 12.3. The molecule has 0 bridgehead atoms. The molecule has 0 saturated heterocycles. The number of halogens is 2. The maximum atomic E-state index is 13.3. The second-order valence-corrected chi connectivity index (χ2v) is 10.1. The van der Waals surface area contributed by atoms with Crippen LogP contribution in [-0.4, -0.2) is 28.4 Å². The van der Waals surface area contributed by atoms with Crippen molar-refractivity contribution in [2.45, 2.75) is 38.0 Å². The van der Waals surface area contributed by atoms with Crippen molar-refractivity contribution < 1.29 is 9.53 Å². The minimum atomic E-state index is -0.326. The van der Waals surface area contributed by atoms with Gasteiger partial charge in [0.15, 0.2) is 6.61 Å². The number of carbonyl (C=O) groups excluding carboxylic acids is 1. The Kier molecular flexibility index (Phi) is 8.05. The number of amides is 1. The predicted octanol–water partition coefficient (Wildman–Crippen LogP) is 6.65. The molecule has 1 fully saturated rings. The molecule has 0 aliphatic heterocycles. The zero-order valence-corrected chi connectivity index (χ0v) is 22.1. The standard InChI is InChI=1S/C29H26Cl2N4O3/c30-21-11-13-22(14-12-21)33-27(36)18-38-26-15-10-19(16-24(26)31)17-32-35-28(20-6-2-1-3-7-20)34-25-9-5-4-8-23(25)29(35)37/h4-5,8-17,20H,1-3,6-7,18H2,(H,33,36). The van der Waals surface area contributed by atoms with Crippen LogP contribution in [0.5, 0.6) is 5.75 Å². The first-order chi connectivity index (χ1) is 18.5. The molecular formula is C29H26Cl2N4O3. The number of rotatable bonds is 7. The van der Waals surface area contributed by atoms with Crippen molar-refractivity contribution in [1.29, 1.82) is 0 Å². The zero-order chi connectivity index (χ0) is 26.5. The Bertz CT molecular complexity index is 1540. The molecule has 5 rings (SSSR count). The van der Waals surface area contributed by atoms with Gasteiger partial charge in [0.1, 0.15) is 11.6 Å². The highest BCUT2D eigenvalue weighted by Gasteiger charge is 2.22. The molecule has 9 heteroatoms. The smallest absolute Gasteiger partial charge is 0.282 e. The molecule has 1 aromatic heterocycles. The number of ether oxygens (including phenoxy) is 1. The molecule has 0 unspecified atom stereocenters. The number of fused-ring (bicyclic) bond motifs is 1. The van der Waals surface area contributed by atoms with E-state index in [1.807, 2.05) is 18.2 Å². The predicted molar refractivity (Wildman–Crippen MR) is 152 cm³/mol. The molecule has 0 atom stereocenters. The van der Waals surface area contributed by atoms with E-state index in [1.54, 1.807) is 54.7 Å². The number of para-hydroxylation sites is 1. The molecule has 1 saturated carbocycles. The number of hydrogen-bond acceptors (Lipinski definition) is 5. The summed E-state index contributed by atoms with van der Waals surface area (Å²) in [5, 5.41) is 8.72. The van der Waals surface area contributed by atoms with Gasteiger partial charge in [0.05, 0.1) is 22.1 Å². The summed E-state index contributed by atoms with van der Waals surface area (Å²) in [4.78, 5) is 30.4. The summed E-state index contributed by atoms with van der Waals surface area (Å²) in [5.41, 5.74) is 1.80. The Morgan fingerprint density at radius 3 is 2.58 bits per heavy atom. The summed E-state index contributed by atoms with van der Waals surface area (Å²) in [6.07, 6.45) is 7.01. The van der Waals surface area contributed by atoms with E-state index in [1.165, 1.54) is 11.1 Å². The number of aromatic nitrogens is 2. The third-order valence-corrected chi connectivity index (χ3v) is 7.06. The monoisotopic (exact) mass is 548 g/mol. The van der Waals surface area contributed by atoms with Crippen LogP contribution in [0.2, 0.25) is 10.0 Å². The van der Waals surface area contributed by atoms with Gasteiger partial charge in [-0.2, -0.15) is 9.78 Å². The van der Waals surface area contributed by atoms with Gasteiger partial charge in [0.2, 0.25) is 0 Å². The molecule has 1 amide bonds. The molecule has 38 heavy (non-hydrogen) atoms. The van der Waals surface area contributed by atoms with Crippen LogP contribution in [0.3, 0.4) is 0 Å². The van der Waals surface area contributed by atoms with Crippen molar-refractivity contribution in [2.24, 2.45) is 5.10 Å². The summed E-state index contributed by atoms with van der Waals surface area (Å²) < 4.78 is 7.03. The lowest BCUT2D eigenvalue weighted by Gasteiger charge is -2.22. The maximum absolute atomic E-state index is 13.3. The maximum Gasteiger partial charge on any atom is 0.282 e. The summed E-state index contributed by atoms with van der Waals surface area (Å²) in [7, 11) is 0. The van der Waals surface area contributed by atoms with Crippen molar-refractivity contribution in [1.82, 2.24) is 9.66 Å². The first kappa shape index (κ1) is 25.9. The first-order valence-electron chi connectivity index (χ1n) is 12.5. The van der Waals surface area contributed by atoms with Crippen LogP contribution in [0.1, 0.15) is 49.4 Å². The fraction of sp³-hybridized carbons (Fsp3) is 0.241. The van der Waals surface area contributed by atoms with Crippen molar-refractivity contribution in [3.05, 3.63) is 98.5 Å². The van der Waals surface area contributed by atoms with Gasteiger partial charge in [0, 0.05) is 16.6 Å². The van der Waals surface area contributed by atoms with E-state index in [-0.39, 0.29) is 24.0 Å². The highest BCUT2D eigenvalue weighted by atomic mass is 35.5. The lowest BCUT2D eigenvalue weighted by Crippen LogP contribution is -2.25. The van der Waals surface area contributed by atoms with E-state index in [2.05, 4.69) is 10.4 Å². The fourth-order valence-corrected chi connectivity index (χ4v) is 4.96. The van der Waals surface area contributed by atoms with Gasteiger partial charge in [-0.25, -0.2) is 4.98 Å². The van der Waals surface area contributed by atoms with Crippen LogP contribution >= 0.6 is 23.2 Å². The normalized spacial score (nSPS) is 14.2. The summed E-state index contributed by atoms with van der Waals surface area (Å²) in [5.74, 6) is 0.925. The lowest BCUT2D eigenvalue weighted by molar-refractivity contribution is -0.118. The number of nitrogens with one attached hydrogen (secondary N) is 1. The van der Waals surface area contributed by atoms with Gasteiger partial charge >= 0.3 is 0 Å². The Morgan fingerprint density at radius 2 is 1.82 bits per heavy atom.